The van der Waals surface area contributed by atoms with Crippen LogP contribution >= 0.6 is 0 Å². The van der Waals surface area contributed by atoms with E-state index in [0.29, 0.717) is 31.3 Å². The summed E-state index contributed by atoms with van der Waals surface area (Å²) in [6, 6.07) is 0. The summed E-state index contributed by atoms with van der Waals surface area (Å²) in [5.74, 6) is -4.43. The Hall–Kier alpha value is -2.02. The fraction of sp³-hybridized carbons (Fsp3) is 0.769. The Morgan fingerprint density at radius 2 is 1.82 bits per heavy atom. The van der Waals surface area contributed by atoms with Crippen molar-refractivity contribution in [2.24, 2.45) is 35.5 Å². The van der Waals surface area contributed by atoms with Gasteiger partial charge < -0.3 is 10.2 Å². The number of aliphatic carboxylic acids is 1. The number of imide groups is 1. The number of carboxylic acids is 1. The van der Waals surface area contributed by atoms with E-state index in [2.05, 4.69) is 12.2 Å². The molecule has 0 aromatic heterocycles. The van der Waals surface area contributed by atoms with Crippen LogP contribution in [0.2, 0.25) is 0 Å². The van der Waals surface area contributed by atoms with Crippen molar-refractivity contribution in [2.45, 2.75) is 91.1 Å². The summed E-state index contributed by atoms with van der Waals surface area (Å²) in [6.07, 6.45) is 5.96. The van der Waals surface area contributed by atoms with E-state index in [-0.39, 0.29) is 35.5 Å². The lowest BCUT2D eigenvalue weighted by molar-refractivity contribution is -0.172. The van der Waals surface area contributed by atoms with Crippen LogP contribution in [0.3, 0.4) is 0 Å². The molecular formula is C26H39NO6. The van der Waals surface area contributed by atoms with E-state index in [1.165, 1.54) is 0 Å². The number of amides is 2. The minimum Gasteiger partial charge on any atom is -0.481 e. The van der Waals surface area contributed by atoms with Gasteiger partial charge in [-0.2, -0.15) is 0 Å². The predicted molar refractivity (Wildman–Crippen MR) is 123 cm³/mol. The molecule has 33 heavy (non-hydrogen) atoms. The summed E-state index contributed by atoms with van der Waals surface area (Å²) in [5.41, 5.74) is -0.952. The zero-order chi connectivity index (χ0) is 24.5. The number of ketones is 1. The summed E-state index contributed by atoms with van der Waals surface area (Å²) >= 11 is 0. The number of carbonyl (C=O) groups is 4. The molecule has 0 aromatic rings. The molecule has 0 aromatic carbocycles. The third-order valence-electron chi connectivity index (χ3n) is 8.45. The van der Waals surface area contributed by atoms with E-state index in [4.69, 9.17) is 0 Å². The van der Waals surface area contributed by atoms with E-state index in [1.807, 2.05) is 20.8 Å². The number of nitrogens with one attached hydrogen (secondary N) is 1. The topological polar surface area (TPSA) is 121 Å². The maximum Gasteiger partial charge on any atom is 0.306 e. The molecular weight excluding hydrogens is 422 g/mol. The fourth-order valence-corrected chi connectivity index (χ4v) is 6.81. The molecule has 0 bridgehead atoms. The molecule has 184 valence electrons. The molecule has 0 radical (unpaired) electrons. The molecule has 2 aliphatic carbocycles. The van der Waals surface area contributed by atoms with Crippen LogP contribution in [0.4, 0.5) is 0 Å². The Labute approximate surface area is 196 Å². The number of carbonyl (C=O) groups excluding carboxylic acids is 3. The molecule has 3 N–H and O–H groups in total. The fourth-order valence-electron chi connectivity index (χ4n) is 6.81. The van der Waals surface area contributed by atoms with Gasteiger partial charge in [0.2, 0.25) is 0 Å². The second-order valence-electron chi connectivity index (χ2n) is 10.7. The molecule has 2 fully saturated rings. The SMILES string of the molecule is CCCCCC(CC)C1=C(C(=O)C2C(C)CCC3(O)CC(C(=O)O)CC(C)C23)C(=O)NC1=O. The Balaban J connectivity index is 1.99. The molecule has 7 heteroatoms. The molecule has 2 amide bonds. The second-order valence-corrected chi connectivity index (χ2v) is 10.7. The Morgan fingerprint density at radius 3 is 2.42 bits per heavy atom. The average Bonchev–Trinajstić information content (AvgIpc) is 3.05. The minimum absolute atomic E-state index is 0.0167. The lowest BCUT2D eigenvalue weighted by Gasteiger charge is -2.53. The van der Waals surface area contributed by atoms with Crippen LogP contribution in [-0.2, 0) is 19.2 Å². The molecule has 0 saturated heterocycles. The molecule has 7 nitrogen and oxygen atoms in total. The van der Waals surface area contributed by atoms with Gasteiger partial charge in [0.25, 0.3) is 11.8 Å². The molecule has 2 saturated carbocycles. The monoisotopic (exact) mass is 461 g/mol. The first-order valence-electron chi connectivity index (χ1n) is 12.6. The van der Waals surface area contributed by atoms with Gasteiger partial charge in [0.15, 0.2) is 5.78 Å². The molecule has 1 aliphatic heterocycles. The number of hydrogen-bond acceptors (Lipinski definition) is 5. The number of aliphatic hydroxyl groups is 1. The molecule has 3 aliphatic rings. The normalized spacial score (nSPS) is 35.2. The highest BCUT2D eigenvalue weighted by Crippen LogP contribution is 2.54. The first kappa shape index (κ1) is 25.6. The summed E-state index contributed by atoms with van der Waals surface area (Å²) in [5, 5.41) is 23.5. The quantitative estimate of drug-likeness (QED) is 0.274. The van der Waals surface area contributed by atoms with Crippen LogP contribution < -0.4 is 5.32 Å². The highest BCUT2D eigenvalue weighted by atomic mass is 16.4. The van der Waals surface area contributed by atoms with Crippen molar-refractivity contribution in [2.75, 3.05) is 0 Å². The van der Waals surface area contributed by atoms with Crippen LogP contribution in [0.25, 0.3) is 0 Å². The molecule has 1 heterocycles. The van der Waals surface area contributed by atoms with Crippen LogP contribution in [0.15, 0.2) is 11.1 Å². The largest absolute Gasteiger partial charge is 0.481 e. The van der Waals surface area contributed by atoms with Crippen LogP contribution in [0, 0.1) is 35.5 Å². The molecule has 7 atom stereocenters. The van der Waals surface area contributed by atoms with Crippen molar-refractivity contribution in [3.63, 3.8) is 0 Å². The van der Waals surface area contributed by atoms with E-state index in [1.54, 1.807) is 0 Å². The summed E-state index contributed by atoms with van der Waals surface area (Å²) in [7, 11) is 0. The lowest BCUT2D eigenvalue weighted by atomic mass is 9.53. The van der Waals surface area contributed by atoms with Crippen molar-refractivity contribution in [1.82, 2.24) is 5.32 Å². The first-order valence-corrected chi connectivity index (χ1v) is 12.6. The van der Waals surface area contributed by atoms with E-state index >= 15 is 0 Å². The van der Waals surface area contributed by atoms with E-state index in [9.17, 15) is 29.4 Å². The van der Waals surface area contributed by atoms with E-state index < -0.39 is 41.1 Å². The maximum atomic E-state index is 14.0. The third kappa shape index (κ3) is 4.79. The van der Waals surface area contributed by atoms with Gasteiger partial charge in [-0.3, -0.25) is 24.5 Å². The van der Waals surface area contributed by atoms with Gasteiger partial charge in [-0.1, -0.05) is 47.0 Å². The van der Waals surface area contributed by atoms with Gasteiger partial charge >= 0.3 is 5.97 Å². The van der Waals surface area contributed by atoms with Gasteiger partial charge in [0, 0.05) is 17.4 Å². The smallest absolute Gasteiger partial charge is 0.306 e. The number of fused-ring (bicyclic) bond motifs is 1. The number of hydrogen-bond donors (Lipinski definition) is 3. The van der Waals surface area contributed by atoms with Crippen LogP contribution in [0.1, 0.15) is 85.5 Å². The summed E-state index contributed by atoms with van der Waals surface area (Å²) in [4.78, 5) is 51.3. The Kier molecular flexibility index (Phi) is 7.82. The third-order valence-corrected chi connectivity index (χ3v) is 8.45. The maximum absolute atomic E-state index is 14.0. The van der Waals surface area contributed by atoms with Crippen molar-refractivity contribution < 1.29 is 29.4 Å². The van der Waals surface area contributed by atoms with Gasteiger partial charge in [-0.25, -0.2) is 0 Å². The zero-order valence-corrected chi connectivity index (χ0v) is 20.4. The molecule has 7 unspecified atom stereocenters. The van der Waals surface area contributed by atoms with Crippen molar-refractivity contribution in [3.05, 3.63) is 11.1 Å². The van der Waals surface area contributed by atoms with E-state index in [0.717, 1.165) is 25.7 Å². The highest BCUT2D eigenvalue weighted by Gasteiger charge is 2.57. The summed E-state index contributed by atoms with van der Waals surface area (Å²) in [6.45, 7) is 7.94. The molecule has 0 spiro atoms. The second kappa shape index (κ2) is 10.1. The van der Waals surface area contributed by atoms with Crippen molar-refractivity contribution >= 4 is 23.6 Å². The van der Waals surface area contributed by atoms with Crippen molar-refractivity contribution in [3.8, 4) is 0 Å². The van der Waals surface area contributed by atoms with Crippen LogP contribution in [-0.4, -0.2) is 39.4 Å². The molecule has 3 rings (SSSR count). The zero-order valence-electron chi connectivity index (χ0n) is 20.4. The minimum atomic E-state index is -1.25. The first-order chi connectivity index (χ1) is 15.6. The Morgan fingerprint density at radius 1 is 1.12 bits per heavy atom. The van der Waals surface area contributed by atoms with Gasteiger partial charge in [0.05, 0.1) is 17.1 Å². The Bertz CT molecular complexity index is 848. The lowest BCUT2D eigenvalue weighted by Crippen LogP contribution is -2.57. The highest BCUT2D eigenvalue weighted by molar-refractivity contribution is 6.32. The standard InChI is InChI=1S/C26H39NO6/c1-5-7-8-9-16(6-2)19-20(24(30)27-23(19)29)22(28)18-14(3)10-11-26(33)13-17(25(31)32)12-15(4)21(18)26/h14-18,21,33H,5-13H2,1-4H3,(H,31,32)(H,27,29,30). The van der Waals surface area contributed by atoms with Crippen molar-refractivity contribution in [1.29, 1.82) is 0 Å². The summed E-state index contributed by atoms with van der Waals surface area (Å²) < 4.78 is 0. The predicted octanol–water partition coefficient (Wildman–Crippen LogP) is 3.64. The van der Waals surface area contributed by atoms with Gasteiger partial charge in [-0.15, -0.1) is 0 Å². The van der Waals surface area contributed by atoms with Gasteiger partial charge in [-0.05, 0) is 56.3 Å². The number of carboxylic acid groups (broad SMARTS) is 1. The van der Waals surface area contributed by atoms with Gasteiger partial charge in [0.1, 0.15) is 0 Å². The number of Topliss-reactive ketones (excluding diaryl/α,β-unsaturated/α-hetero) is 1. The average molecular weight is 462 g/mol. The van der Waals surface area contributed by atoms with Crippen LogP contribution in [0.5, 0.6) is 0 Å². The number of unbranched alkanes of at least 4 members (excludes halogenated alkanes) is 2. The number of rotatable bonds is 9.